The van der Waals surface area contributed by atoms with Crippen LogP contribution in [-0.4, -0.2) is 62.2 Å². The van der Waals surface area contributed by atoms with Crippen LogP contribution in [0.3, 0.4) is 0 Å². The van der Waals surface area contributed by atoms with E-state index in [9.17, 15) is 0 Å². The smallest absolute Gasteiger partial charge is 0.0110 e. The van der Waals surface area contributed by atoms with E-state index in [1.807, 2.05) is 0 Å². The molecule has 1 unspecified atom stereocenters. The number of piperazine rings is 1. The Balaban J connectivity index is 2.38. The van der Waals surface area contributed by atoms with Crippen molar-refractivity contribution < 1.29 is 0 Å². The van der Waals surface area contributed by atoms with E-state index in [-0.39, 0.29) is 0 Å². The van der Waals surface area contributed by atoms with Gasteiger partial charge in [0.25, 0.3) is 0 Å². The van der Waals surface area contributed by atoms with E-state index in [2.05, 4.69) is 49.7 Å². The van der Waals surface area contributed by atoms with E-state index >= 15 is 0 Å². The highest BCUT2D eigenvalue weighted by molar-refractivity contribution is 4.83. The summed E-state index contributed by atoms with van der Waals surface area (Å²) >= 11 is 0. The predicted octanol–water partition coefficient (Wildman–Crippen LogP) is 3.07. The maximum absolute atomic E-state index is 3.65. The molecular formula is C18H39N3. The molecule has 0 saturated carbocycles. The van der Waals surface area contributed by atoms with Crippen LogP contribution < -0.4 is 5.32 Å². The fraction of sp³-hybridized carbons (Fsp3) is 1.00. The van der Waals surface area contributed by atoms with Gasteiger partial charge < -0.3 is 15.1 Å². The fourth-order valence-electron chi connectivity index (χ4n) is 3.58. The molecule has 1 aliphatic heterocycles. The molecule has 1 heterocycles. The first-order chi connectivity index (χ1) is 9.99. The Hall–Kier alpha value is -0.120. The van der Waals surface area contributed by atoms with Crippen LogP contribution >= 0.6 is 0 Å². The molecule has 1 rings (SSSR count). The molecule has 0 radical (unpaired) electrons. The zero-order valence-corrected chi connectivity index (χ0v) is 15.2. The van der Waals surface area contributed by atoms with Crippen LogP contribution in [0, 0.1) is 11.3 Å². The first kappa shape index (κ1) is 18.9. The molecule has 0 aromatic carbocycles. The number of hydrogen-bond donors (Lipinski definition) is 1. The zero-order valence-electron chi connectivity index (χ0n) is 15.2. The van der Waals surface area contributed by atoms with Crippen LogP contribution in [0.1, 0.15) is 53.9 Å². The third-order valence-corrected chi connectivity index (χ3v) is 4.53. The molecular weight excluding hydrogens is 258 g/mol. The maximum Gasteiger partial charge on any atom is 0.0110 e. The summed E-state index contributed by atoms with van der Waals surface area (Å²) in [5, 5.41) is 3.65. The van der Waals surface area contributed by atoms with E-state index in [4.69, 9.17) is 0 Å². The SMILES string of the molecule is CCCNCC(C)(CCC)CN1CCN(CC(C)C)CC1. The average molecular weight is 298 g/mol. The van der Waals surface area contributed by atoms with Crippen LogP contribution in [-0.2, 0) is 0 Å². The lowest BCUT2D eigenvalue weighted by molar-refractivity contribution is 0.0805. The van der Waals surface area contributed by atoms with Crippen LogP contribution in [0.15, 0.2) is 0 Å². The number of nitrogens with zero attached hydrogens (tertiary/aromatic N) is 2. The highest BCUT2D eigenvalue weighted by Crippen LogP contribution is 2.24. The number of hydrogen-bond acceptors (Lipinski definition) is 3. The summed E-state index contributed by atoms with van der Waals surface area (Å²) in [6.07, 6.45) is 3.85. The normalized spacial score (nSPS) is 20.9. The molecule has 126 valence electrons. The molecule has 1 N–H and O–H groups in total. The fourth-order valence-corrected chi connectivity index (χ4v) is 3.58. The molecule has 1 atom stereocenters. The standard InChI is InChI=1S/C18H39N3/c1-6-8-18(5,15-19-9-7-2)16-21-12-10-20(11-13-21)14-17(3)4/h17,19H,6-16H2,1-5H3. The lowest BCUT2D eigenvalue weighted by Gasteiger charge is -2.41. The van der Waals surface area contributed by atoms with Gasteiger partial charge in [0.05, 0.1) is 0 Å². The second-order valence-corrected chi connectivity index (χ2v) is 7.71. The van der Waals surface area contributed by atoms with Crippen molar-refractivity contribution >= 4 is 0 Å². The highest BCUT2D eigenvalue weighted by atomic mass is 15.3. The van der Waals surface area contributed by atoms with Gasteiger partial charge in [-0.05, 0) is 30.7 Å². The van der Waals surface area contributed by atoms with Crippen molar-refractivity contribution in [1.82, 2.24) is 15.1 Å². The minimum absolute atomic E-state index is 0.435. The summed E-state index contributed by atoms with van der Waals surface area (Å²) in [5.74, 6) is 0.792. The van der Waals surface area contributed by atoms with Crippen molar-refractivity contribution in [2.75, 3.05) is 52.4 Å². The first-order valence-corrected chi connectivity index (χ1v) is 9.14. The predicted molar refractivity (Wildman–Crippen MR) is 93.9 cm³/mol. The molecule has 1 fully saturated rings. The summed E-state index contributed by atoms with van der Waals surface area (Å²) in [7, 11) is 0. The minimum atomic E-state index is 0.435. The van der Waals surface area contributed by atoms with Crippen LogP contribution in [0.4, 0.5) is 0 Å². The third kappa shape index (κ3) is 7.62. The van der Waals surface area contributed by atoms with E-state index < -0.39 is 0 Å². The summed E-state index contributed by atoms with van der Waals surface area (Å²) in [5.41, 5.74) is 0.435. The van der Waals surface area contributed by atoms with E-state index in [0.717, 1.165) is 12.5 Å². The van der Waals surface area contributed by atoms with Crippen molar-refractivity contribution in [2.24, 2.45) is 11.3 Å². The Bertz CT molecular complexity index is 259. The van der Waals surface area contributed by atoms with Gasteiger partial charge in [0.15, 0.2) is 0 Å². The van der Waals surface area contributed by atoms with Gasteiger partial charge in [-0.25, -0.2) is 0 Å². The Morgan fingerprint density at radius 1 is 1.00 bits per heavy atom. The molecule has 0 spiro atoms. The summed E-state index contributed by atoms with van der Waals surface area (Å²) in [6.45, 7) is 21.5. The molecule has 21 heavy (non-hydrogen) atoms. The molecule has 3 heteroatoms. The van der Waals surface area contributed by atoms with E-state index in [0.29, 0.717) is 5.41 Å². The van der Waals surface area contributed by atoms with Gasteiger partial charge in [-0.1, -0.05) is 41.0 Å². The molecule has 1 saturated heterocycles. The topological polar surface area (TPSA) is 18.5 Å². The Morgan fingerprint density at radius 3 is 2.14 bits per heavy atom. The number of rotatable bonds is 10. The van der Waals surface area contributed by atoms with E-state index in [1.165, 1.54) is 65.1 Å². The Kier molecular flexibility index (Phi) is 8.84. The van der Waals surface area contributed by atoms with Crippen molar-refractivity contribution in [1.29, 1.82) is 0 Å². The van der Waals surface area contributed by atoms with Gasteiger partial charge in [-0.15, -0.1) is 0 Å². The second kappa shape index (κ2) is 9.81. The van der Waals surface area contributed by atoms with Crippen LogP contribution in [0.2, 0.25) is 0 Å². The quantitative estimate of drug-likeness (QED) is 0.625. The van der Waals surface area contributed by atoms with Gasteiger partial charge in [-0.3, -0.25) is 0 Å². The Morgan fingerprint density at radius 2 is 1.62 bits per heavy atom. The average Bonchev–Trinajstić information content (AvgIpc) is 2.41. The molecule has 1 aliphatic rings. The lowest BCUT2D eigenvalue weighted by Crippen LogP contribution is -2.51. The highest BCUT2D eigenvalue weighted by Gasteiger charge is 2.28. The molecule has 0 aliphatic carbocycles. The first-order valence-electron chi connectivity index (χ1n) is 9.14. The van der Waals surface area contributed by atoms with Gasteiger partial charge >= 0.3 is 0 Å². The molecule has 0 aromatic rings. The van der Waals surface area contributed by atoms with Crippen molar-refractivity contribution in [3.63, 3.8) is 0 Å². The molecule has 0 amide bonds. The third-order valence-electron chi connectivity index (χ3n) is 4.53. The largest absolute Gasteiger partial charge is 0.316 e. The number of nitrogens with one attached hydrogen (secondary N) is 1. The lowest BCUT2D eigenvalue weighted by atomic mass is 9.84. The Labute approximate surface area is 133 Å². The summed E-state index contributed by atoms with van der Waals surface area (Å²) < 4.78 is 0. The molecule has 0 aromatic heterocycles. The zero-order chi connectivity index (χ0) is 15.7. The van der Waals surface area contributed by atoms with Crippen LogP contribution in [0.25, 0.3) is 0 Å². The van der Waals surface area contributed by atoms with Crippen molar-refractivity contribution in [3.05, 3.63) is 0 Å². The monoisotopic (exact) mass is 297 g/mol. The minimum Gasteiger partial charge on any atom is -0.316 e. The van der Waals surface area contributed by atoms with Crippen LogP contribution in [0.5, 0.6) is 0 Å². The van der Waals surface area contributed by atoms with Gasteiger partial charge in [0.2, 0.25) is 0 Å². The molecule has 0 bridgehead atoms. The summed E-state index contributed by atoms with van der Waals surface area (Å²) in [4.78, 5) is 5.33. The van der Waals surface area contributed by atoms with Gasteiger partial charge in [0.1, 0.15) is 0 Å². The van der Waals surface area contributed by atoms with Crippen molar-refractivity contribution in [2.45, 2.75) is 53.9 Å². The molecule has 3 nitrogen and oxygen atoms in total. The maximum atomic E-state index is 3.65. The second-order valence-electron chi connectivity index (χ2n) is 7.71. The summed E-state index contributed by atoms with van der Waals surface area (Å²) in [6, 6.07) is 0. The van der Waals surface area contributed by atoms with Gasteiger partial charge in [0, 0.05) is 45.8 Å². The van der Waals surface area contributed by atoms with Crippen molar-refractivity contribution in [3.8, 4) is 0 Å². The van der Waals surface area contributed by atoms with E-state index in [1.54, 1.807) is 0 Å². The van der Waals surface area contributed by atoms with Gasteiger partial charge in [-0.2, -0.15) is 0 Å².